The summed E-state index contributed by atoms with van der Waals surface area (Å²) in [5.74, 6) is 0.477. The third-order valence-corrected chi connectivity index (χ3v) is 14.2. The summed E-state index contributed by atoms with van der Waals surface area (Å²) in [4.78, 5) is 12.3. The molecule has 5 heteroatoms. The summed E-state index contributed by atoms with van der Waals surface area (Å²) < 4.78 is 11.7. The van der Waals surface area contributed by atoms with Crippen LogP contribution in [-0.4, -0.2) is 39.0 Å². The van der Waals surface area contributed by atoms with Crippen molar-refractivity contribution < 1.29 is 14.0 Å². The summed E-state index contributed by atoms with van der Waals surface area (Å²) in [5, 5.41) is 0.652. The van der Waals surface area contributed by atoms with Gasteiger partial charge in [-0.15, -0.1) is 0 Å². The Bertz CT molecular complexity index is 1040. The number of hydrogen-bond acceptors (Lipinski definition) is 4. The fourth-order valence-corrected chi connectivity index (χ4v) is 6.08. The third-order valence-electron chi connectivity index (χ3n) is 8.55. The number of unbranched alkanes of at least 4 members (excludes halogenated alkanes) is 1. The van der Waals surface area contributed by atoms with Crippen LogP contribution in [-0.2, 0) is 14.0 Å². The molecule has 0 fully saturated rings. The summed E-state index contributed by atoms with van der Waals surface area (Å²) in [6.07, 6.45) is 24.7. The van der Waals surface area contributed by atoms with Gasteiger partial charge in [-0.3, -0.25) is 0 Å². The molecule has 3 nitrogen and oxygen atoms in total. The van der Waals surface area contributed by atoms with Crippen LogP contribution >= 0.6 is 11.8 Å². The predicted octanol–water partition coefficient (Wildman–Crippen LogP) is 12.9. The van der Waals surface area contributed by atoms with Gasteiger partial charge in [0.2, 0.25) is 0 Å². The fraction of sp³-hybridized carbons (Fsp3) is 0.675. The van der Waals surface area contributed by atoms with Crippen LogP contribution in [0.15, 0.2) is 69.9 Å². The molecule has 0 aliphatic carbocycles. The molecule has 0 N–H and O–H groups in total. The molecule has 0 heterocycles. The van der Waals surface area contributed by atoms with E-state index < -0.39 is 8.32 Å². The van der Waals surface area contributed by atoms with Crippen molar-refractivity contribution in [2.75, 3.05) is 19.5 Å². The van der Waals surface area contributed by atoms with Crippen LogP contribution in [0.5, 0.6) is 0 Å². The maximum absolute atomic E-state index is 12.3. The van der Waals surface area contributed by atoms with E-state index >= 15 is 0 Å². The maximum Gasteiger partial charge on any atom is 0.334 e. The van der Waals surface area contributed by atoms with Crippen molar-refractivity contribution in [1.82, 2.24) is 0 Å². The van der Waals surface area contributed by atoms with Crippen LogP contribution in [0.3, 0.4) is 0 Å². The molecule has 0 bridgehead atoms. The molecule has 45 heavy (non-hydrogen) atoms. The first-order chi connectivity index (χ1) is 21.0. The number of methoxy groups -OCH3 is 1. The molecule has 0 amide bonds. The van der Waals surface area contributed by atoms with Gasteiger partial charge in [0.1, 0.15) is 0 Å². The molecular weight excluding hydrogens is 589 g/mol. The largest absolute Gasteiger partial charge is 0.466 e. The van der Waals surface area contributed by atoms with E-state index in [2.05, 4.69) is 119 Å². The molecule has 0 radical (unpaired) electrons. The van der Waals surface area contributed by atoms with Gasteiger partial charge in [0.15, 0.2) is 8.32 Å². The summed E-state index contributed by atoms with van der Waals surface area (Å²) in [6.45, 7) is 27.6. The Hall–Kier alpha value is -1.56. The molecule has 258 valence electrons. The molecule has 0 rings (SSSR count). The number of carbonyl (C=O) groups is 1. The average molecular weight is 659 g/mol. The zero-order valence-corrected chi connectivity index (χ0v) is 33.5. The molecular formula is C40H70O3SSi. The second kappa shape index (κ2) is 23.7. The SMILES string of the molecule is COC(=O)/C(=C\CC/C(=C\CC/C(C)=C/CC/C=C(\C)CC/C=C(\C)CCC=C(C)C)CO[Si](C)(C)C(C)(C)C)CSC(C)C. The Morgan fingerprint density at radius 1 is 0.711 bits per heavy atom. The molecule has 0 atom stereocenters. The molecule has 0 aromatic rings. The number of carbonyl (C=O) groups excluding carboxylic acids is 1. The molecule has 0 spiro atoms. The number of esters is 1. The average Bonchev–Trinajstić information content (AvgIpc) is 2.94. The van der Waals surface area contributed by atoms with Crippen molar-refractivity contribution in [2.24, 2.45) is 0 Å². The highest BCUT2D eigenvalue weighted by atomic mass is 32.2. The highest BCUT2D eigenvalue weighted by molar-refractivity contribution is 8.00. The minimum atomic E-state index is -1.85. The monoisotopic (exact) mass is 658 g/mol. The first-order valence-corrected chi connectivity index (χ1v) is 21.2. The molecule has 0 aromatic heterocycles. The predicted molar refractivity (Wildman–Crippen MR) is 206 cm³/mol. The molecule has 0 saturated heterocycles. The number of allylic oxidation sites excluding steroid dienone is 10. The van der Waals surface area contributed by atoms with Gasteiger partial charge in [0, 0.05) is 11.3 Å². The van der Waals surface area contributed by atoms with Crippen LogP contribution in [0.2, 0.25) is 18.1 Å². The van der Waals surface area contributed by atoms with Crippen LogP contribution in [0.4, 0.5) is 0 Å². The van der Waals surface area contributed by atoms with E-state index in [4.69, 9.17) is 9.16 Å². The zero-order chi connectivity index (χ0) is 34.5. The Balaban J connectivity index is 5.11. The Morgan fingerprint density at radius 2 is 1.18 bits per heavy atom. The maximum atomic E-state index is 12.3. The summed E-state index contributed by atoms with van der Waals surface area (Å²) in [6, 6.07) is 0. The smallest absolute Gasteiger partial charge is 0.334 e. The van der Waals surface area contributed by atoms with E-state index in [0.717, 1.165) is 63.4 Å². The normalized spacial score (nSPS) is 14.3. The fourth-order valence-electron chi connectivity index (χ4n) is 4.35. The molecule has 0 saturated carbocycles. The number of rotatable bonds is 22. The topological polar surface area (TPSA) is 35.5 Å². The van der Waals surface area contributed by atoms with Crippen molar-refractivity contribution >= 4 is 26.0 Å². The summed E-state index contributed by atoms with van der Waals surface area (Å²) in [7, 11) is -0.381. The third kappa shape index (κ3) is 22.6. The van der Waals surface area contributed by atoms with Crippen LogP contribution in [0, 0.1) is 0 Å². The van der Waals surface area contributed by atoms with Crippen molar-refractivity contribution in [3.8, 4) is 0 Å². The number of thioether (sulfide) groups is 1. The van der Waals surface area contributed by atoms with Gasteiger partial charge < -0.3 is 9.16 Å². The number of ether oxygens (including phenoxy) is 1. The lowest BCUT2D eigenvalue weighted by atomic mass is 10.0. The van der Waals surface area contributed by atoms with Crippen molar-refractivity contribution in [2.45, 2.75) is 157 Å². The van der Waals surface area contributed by atoms with E-state index in [9.17, 15) is 4.79 Å². The van der Waals surface area contributed by atoms with E-state index in [0.29, 0.717) is 17.6 Å². The first-order valence-electron chi connectivity index (χ1n) is 17.3. The van der Waals surface area contributed by atoms with Crippen molar-refractivity contribution in [3.05, 3.63) is 69.9 Å². The molecule has 0 aliphatic heterocycles. The lowest BCUT2D eigenvalue weighted by Crippen LogP contribution is -2.41. The van der Waals surface area contributed by atoms with Gasteiger partial charge >= 0.3 is 5.97 Å². The quantitative estimate of drug-likeness (QED) is 0.0381. The van der Waals surface area contributed by atoms with Crippen LogP contribution in [0.25, 0.3) is 0 Å². The van der Waals surface area contributed by atoms with Crippen LogP contribution in [0.1, 0.15) is 133 Å². The lowest BCUT2D eigenvalue weighted by Gasteiger charge is -2.36. The van der Waals surface area contributed by atoms with Gasteiger partial charge in [0.25, 0.3) is 0 Å². The second-order valence-corrected chi connectivity index (χ2v) is 21.0. The van der Waals surface area contributed by atoms with Gasteiger partial charge in [-0.2, -0.15) is 11.8 Å². The highest BCUT2D eigenvalue weighted by Gasteiger charge is 2.37. The second-order valence-electron chi connectivity index (χ2n) is 14.7. The van der Waals surface area contributed by atoms with E-state index in [1.807, 2.05) is 0 Å². The van der Waals surface area contributed by atoms with E-state index in [-0.39, 0.29) is 11.0 Å². The van der Waals surface area contributed by atoms with Gasteiger partial charge in [-0.05, 0) is 128 Å². The minimum Gasteiger partial charge on any atom is -0.466 e. The van der Waals surface area contributed by atoms with E-state index in [1.54, 1.807) is 11.8 Å². The Labute approximate surface area is 285 Å². The Morgan fingerprint density at radius 3 is 1.64 bits per heavy atom. The van der Waals surface area contributed by atoms with Gasteiger partial charge in [-0.1, -0.05) is 93.4 Å². The minimum absolute atomic E-state index is 0.178. The zero-order valence-electron chi connectivity index (χ0n) is 31.7. The number of hydrogen-bond donors (Lipinski definition) is 0. The van der Waals surface area contributed by atoms with Crippen LogP contribution < -0.4 is 0 Å². The standard InChI is InChI=1S/C40H70O3SSi/c1-32(2)20-16-23-36(7)25-17-24-34(5)21-14-15-22-35(6)26-18-27-37(30-43-45(12,13)40(8,9)10)28-19-29-38(39(41)42-11)31-44-33(3)4/h20-22,25,27,29,33H,14-19,23-24,26,28,30-31H2,1-13H3/b34-21+,35-22+,36-25+,37-27+,38-29-. The van der Waals surface area contributed by atoms with Crippen molar-refractivity contribution in [3.63, 3.8) is 0 Å². The summed E-state index contributed by atoms with van der Waals surface area (Å²) >= 11 is 1.78. The lowest BCUT2D eigenvalue weighted by molar-refractivity contribution is -0.136. The summed E-state index contributed by atoms with van der Waals surface area (Å²) in [5.41, 5.74) is 7.97. The van der Waals surface area contributed by atoms with E-state index in [1.165, 1.54) is 41.4 Å². The molecule has 0 aromatic carbocycles. The van der Waals surface area contributed by atoms with Gasteiger partial charge in [-0.25, -0.2) is 4.79 Å². The Kier molecular flexibility index (Phi) is 22.9. The molecule has 0 aliphatic rings. The highest BCUT2D eigenvalue weighted by Crippen LogP contribution is 2.37. The van der Waals surface area contributed by atoms with Crippen molar-refractivity contribution in [1.29, 1.82) is 0 Å². The molecule has 0 unspecified atom stereocenters. The van der Waals surface area contributed by atoms with Gasteiger partial charge in [0.05, 0.1) is 13.7 Å². The first kappa shape index (κ1) is 43.4.